The Labute approximate surface area is 138 Å². The molecule has 1 N–H and O–H groups in total. The summed E-state index contributed by atoms with van der Waals surface area (Å²) in [7, 11) is 0. The summed E-state index contributed by atoms with van der Waals surface area (Å²) < 4.78 is 5.43. The van der Waals surface area contributed by atoms with Crippen LogP contribution in [0.2, 0.25) is 5.02 Å². The van der Waals surface area contributed by atoms with Gasteiger partial charge in [-0.25, -0.2) is 0 Å². The van der Waals surface area contributed by atoms with Gasteiger partial charge in [-0.2, -0.15) is 0 Å². The Balaban J connectivity index is 1.84. The van der Waals surface area contributed by atoms with Gasteiger partial charge in [0, 0.05) is 5.56 Å². The first kappa shape index (κ1) is 15.2. The van der Waals surface area contributed by atoms with Gasteiger partial charge in [-0.05, 0) is 43.2 Å². The van der Waals surface area contributed by atoms with Crippen LogP contribution >= 0.6 is 11.6 Å². The zero-order valence-electron chi connectivity index (χ0n) is 12.6. The van der Waals surface area contributed by atoms with Crippen molar-refractivity contribution in [3.8, 4) is 11.5 Å². The van der Waals surface area contributed by atoms with Crippen molar-refractivity contribution in [2.45, 2.75) is 13.8 Å². The van der Waals surface area contributed by atoms with Crippen LogP contribution in [-0.2, 0) is 0 Å². The molecular formula is C17H14ClN3O2. The number of rotatable bonds is 3. The molecule has 0 bridgehead atoms. The molecule has 0 aliphatic rings. The molecule has 1 heterocycles. The largest absolute Gasteiger partial charge is 0.412 e. The van der Waals surface area contributed by atoms with Gasteiger partial charge in [0.25, 0.3) is 0 Å². The molecule has 6 heteroatoms. The average Bonchev–Trinajstić information content (AvgIpc) is 3.01. The molecule has 1 aromatic heterocycles. The number of nitrogens with one attached hydrogen (secondary N) is 1. The molecule has 0 atom stereocenters. The second kappa shape index (κ2) is 6.22. The Hall–Kier alpha value is -2.66. The number of halogens is 1. The molecule has 23 heavy (non-hydrogen) atoms. The summed E-state index contributed by atoms with van der Waals surface area (Å²) in [6, 6.07) is 13.0. The highest BCUT2D eigenvalue weighted by atomic mass is 35.5. The first-order valence-corrected chi connectivity index (χ1v) is 7.39. The highest BCUT2D eigenvalue weighted by Crippen LogP contribution is 2.28. The lowest BCUT2D eigenvalue weighted by Crippen LogP contribution is -2.13. The van der Waals surface area contributed by atoms with Crippen LogP contribution in [0.5, 0.6) is 0 Å². The van der Waals surface area contributed by atoms with E-state index >= 15 is 0 Å². The normalized spacial score (nSPS) is 10.6. The Bertz CT molecular complexity index is 836. The molecule has 3 rings (SSSR count). The predicted molar refractivity (Wildman–Crippen MR) is 88.6 cm³/mol. The fourth-order valence-electron chi connectivity index (χ4n) is 2.25. The van der Waals surface area contributed by atoms with Crippen LogP contribution in [0.25, 0.3) is 11.5 Å². The van der Waals surface area contributed by atoms with Crippen molar-refractivity contribution in [2.24, 2.45) is 0 Å². The summed E-state index contributed by atoms with van der Waals surface area (Å²) >= 11 is 6.19. The fraction of sp³-hybridized carbons (Fsp3) is 0.118. The molecule has 0 saturated carbocycles. The van der Waals surface area contributed by atoms with Crippen molar-refractivity contribution in [1.29, 1.82) is 0 Å². The van der Waals surface area contributed by atoms with Crippen LogP contribution in [0.15, 0.2) is 46.9 Å². The Morgan fingerprint density at radius 1 is 1.13 bits per heavy atom. The van der Waals surface area contributed by atoms with E-state index in [4.69, 9.17) is 16.0 Å². The highest BCUT2D eigenvalue weighted by molar-refractivity contribution is 6.34. The summed E-state index contributed by atoms with van der Waals surface area (Å²) in [5, 5.41) is 10.9. The minimum Gasteiger partial charge on any atom is -0.412 e. The van der Waals surface area contributed by atoms with Gasteiger partial charge in [-0.15, -0.1) is 10.2 Å². The lowest BCUT2D eigenvalue weighted by Gasteiger charge is -2.09. The topological polar surface area (TPSA) is 68.0 Å². The van der Waals surface area contributed by atoms with Crippen LogP contribution in [0, 0.1) is 13.8 Å². The number of benzene rings is 2. The number of aromatic nitrogens is 2. The lowest BCUT2D eigenvalue weighted by molar-refractivity contribution is 0.0990. The molecule has 2 aromatic carbocycles. The number of carbonyl (C=O) groups is 1. The van der Waals surface area contributed by atoms with Gasteiger partial charge in [0.15, 0.2) is 0 Å². The molecule has 0 fully saturated rings. The van der Waals surface area contributed by atoms with Crippen molar-refractivity contribution in [1.82, 2.24) is 10.2 Å². The monoisotopic (exact) mass is 327 g/mol. The van der Waals surface area contributed by atoms with Gasteiger partial charge in [0.1, 0.15) is 0 Å². The minimum atomic E-state index is -0.492. The molecular weight excluding hydrogens is 314 g/mol. The van der Waals surface area contributed by atoms with Gasteiger partial charge in [0.2, 0.25) is 5.89 Å². The molecule has 0 radical (unpaired) electrons. The maximum Gasteiger partial charge on any atom is 0.313 e. The third-order valence-corrected chi connectivity index (χ3v) is 3.61. The van der Waals surface area contributed by atoms with Crippen LogP contribution in [0.4, 0.5) is 5.69 Å². The maximum atomic E-state index is 12.3. The second-order valence-electron chi connectivity index (χ2n) is 5.17. The number of anilines is 1. The maximum absolute atomic E-state index is 12.3. The Morgan fingerprint density at radius 3 is 2.57 bits per heavy atom. The van der Waals surface area contributed by atoms with Crippen LogP contribution < -0.4 is 5.32 Å². The summed E-state index contributed by atoms with van der Waals surface area (Å²) in [6.45, 7) is 3.81. The fourth-order valence-corrected chi connectivity index (χ4v) is 2.62. The number of hydrogen-bond donors (Lipinski definition) is 1. The molecule has 1 amide bonds. The molecule has 3 aromatic rings. The average molecular weight is 328 g/mol. The van der Waals surface area contributed by atoms with E-state index in [1.54, 1.807) is 6.07 Å². The minimum absolute atomic E-state index is 0.111. The molecule has 0 saturated heterocycles. The lowest BCUT2D eigenvalue weighted by atomic mass is 10.1. The first-order chi connectivity index (χ1) is 11.0. The van der Waals surface area contributed by atoms with E-state index in [9.17, 15) is 4.79 Å². The van der Waals surface area contributed by atoms with Gasteiger partial charge < -0.3 is 9.73 Å². The Morgan fingerprint density at radius 2 is 1.87 bits per heavy atom. The van der Waals surface area contributed by atoms with Crippen LogP contribution in [0.1, 0.15) is 21.8 Å². The third-order valence-electron chi connectivity index (χ3n) is 3.31. The molecule has 116 valence electrons. The summed E-state index contributed by atoms with van der Waals surface area (Å²) in [6.07, 6.45) is 0. The summed E-state index contributed by atoms with van der Waals surface area (Å²) in [4.78, 5) is 12.3. The molecule has 0 aliphatic heterocycles. The Kier molecular flexibility index (Phi) is 4.12. The molecule has 0 aliphatic carbocycles. The van der Waals surface area contributed by atoms with E-state index in [1.807, 2.05) is 50.2 Å². The quantitative estimate of drug-likeness (QED) is 0.780. The zero-order chi connectivity index (χ0) is 16.4. The second-order valence-corrected chi connectivity index (χ2v) is 5.58. The van der Waals surface area contributed by atoms with E-state index in [0.717, 1.165) is 16.7 Å². The van der Waals surface area contributed by atoms with Gasteiger partial charge in [-0.1, -0.05) is 35.9 Å². The van der Waals surface area contributed by atoms with Crippen molar-refractivity contribution in [3.05, 3.63) is 64.5 Å². The van der Waals surface area contributed by atoms with Crippen molar-refractivity contribution < 1.29 is 9.21 Å². The predicted octanol–water partition coefficient (Wildman–Crippen LogP) is 4.26. The van der Waals surface area contributed by atoms with Crippen LogP contribution in [-0.4, -0.2) is 16.1 Å². The molecule has 0 spiro atoms. The van der Waals surface area contributed by atoms with E-state index in [0.29, 0.717) is 16.6 Å². The van der Waals surface area contributed by atoms with Crippen molar-refractivity contribution in [2.75, 3.05) is 5.32 Å². The van der Waals surface area contributed by atoms with Crippen molar-refractivity contribution in [3.63, 3.8) is 0 Å². The number of nitrogens with zero attached hydrogens (tertiary/aromatic N) is 2. The smallest absolute Gasteiger partial charge is 0.313 e. The third kappa shape index (κ3) is 3.24. The standard InChI is InChI=1S/C17H14ClN3O2/c1-10-8-11(2)14(13(18)9-10)19-15(22)17-21-20-16(23-17)12-6-4-3-5-7-12/h3-9H,1-2H3,(H,19,22). The number of amides is 1. The summed E-state index contributed by atoms with van der Waals surface area (Å²) in [5.41, 5.74) is 3.19. The first-order valence-electron chi connectivity index (χ1n) is 7.01. The van der Waals surface area contributed by atoms with E-state index in [-0.39, 0.29) is 5.89 Å². The number of carbonyl (C=O) groups excluding carboxylic acids is 1. The number of aryl methyl sites for hydroxylation is 2. The van der Waals surface area contributed by atoms with Gasteiger partial charge >= 0.3 is 11.8 Å². The SMILES string of the molecule is Cc1cc(C)c(NC(=O)c2nnc(-c3ccccc3)o2)c(Cl)c1. The number of hydrogen-bond acceptors (Lipinski definition) is 4. The van der Waals surface area contributed by atoms with Crippen molar-refractivity contribution >= 4 is 23.2 Å². The van der Waals surface area contributed by atoms with Gasteiger partial charge in [0.05, 0.1) is 10.7 Å². The van der Waals surface area contributed by atoms with Gasteiger partial charge in [-0.3, -0.25) is 4.79 Å². The molecule has 5 nitrogen and oxygen atoms in total. The zero-order valence-corrected chi connectivity index (χ0v) is 13.4. The summed E-state index contributed by atoms with van der Waals surface area (Å²) in [5.74, 6) is -0.309. The van der Waals surface area contributed by atoms with E-state index in [2.05, 4.69) is 15.5 Å². The highest BCUT2D eigenvalue weighted by Gasteiger charge is 2.18. The van der Waals surface area contributed by atoms with E-state index in [1.165, 1.54) is 0 Å². The van der Waals surface area contributed by atoms with Crippen LogP contribution in [0.3, 0.4) is 0 Å². The van der Waals surface area contributed by atoms with E-state index < -0.39 is 5.91 Å². The molecule has 0 unspecified atom stereocenters.